The average molecular weight is 318 g/mol. The molecule has 3 unspecified atom stereocenters. The molecular formula is C13H16ClNO4S. The van der Waals surface area contributed by atoms with E-state index in [9.17, 15) is 13.2 Å². The van der Waals surface area contributed by atoms with Gasteiger partial charge < -0.3 is 9.73 Å². The van der Waals surface area contributed by atoms with E-state index in [1.54, 1.807) is 0 Å². The molecule has 2 saturated carbocycles. The third-order valence-electron chi connectivity index (χ3n) is 4.41. The van der Waals surface area contributed by atoms with E-state index in [0.29, 0.717) is 5.92 Å². The maximum absolute atomic E-state index is 12.1. The summed E-state index contributed by atoms with van der Waals surface area (Å²) >= 11 is 0. The first-order valence-electron chi connectivity index (χ1n) is 6.70. The minimum atomic E-state index is -3.88. The van der Waals surface area contributed by atoms with Gasteiger partial charge in [-0.1, -0.05) is 6.42 Å². The van der Waals surface area contributed by atoms with Crippen molar-refractivity contribution in [2.45, 2.75) is 43.5 Å². The summed E-state index contributed by atoms with van der Waals surface area (Å²) in [6.07, 6.45) is 4.61. The van der Waals surface area contributed by atoms with E-state index in [1.807, 2.05) is 0 Å². The highest BCUT2D eigenvalue weighted by Crippen LogP contribution is 2.44. The molecule has 1 aromatic heterocycles. The Bertz CT molecular complexity index is 651. The monoisotopic (exact) mass is 317 g/mol. The van der Waals surface area contributed by atoms with Crippen LogP contribution in [0.25, 0.3) is 0 Å². The van der Waals surface area contributed by atoms with Crippen molar-refractivity contribution in [3.05, 3.63) is 17.6 Å². The van der Waals surface area contributed by atoms with Gasteiger partial charge in [0.25, 0.3) is 15.0 Å². The van der Waals surface area contributed by atoms with Crippen molar-refractivity contribution in [2.75, 3.05) is 0 Å². The Labute approximate surface area is 122 Å². The Kier molecular flexibility index (Phi) is 3.33. The number of nitrogens with one attached hydrogen (secondary N) is 1. The molecule has 0 aliphatic heterocycles. The smallest absolute Gasteiger partial charge is 0.287 e. The first-order chi connectivity index (χ1) is 9.34. The van der Waals surface area contributed by atoms with Crippen LogP contribution in [-0.2, 0) is 9.05 Å². The van der Waals surface area contributed by atoms with Gasteiger partial charge in [-0.2, -0.15) is 0 Å². The number of carbonyl (C=O) groups is 1. The Hall–Kier alpha value is -1.01. The summed E-state index contributed by atoms with van der Waals surface area (Å²) in [6.45, 7) is 1.48. The van der Waals surface area contributed by atoms with Gasteiger partial charge in [-0.15, -0.1) is 0 Å². The largest absolute Gasteiger partial charge is 0.455 e. The third-order valence-corrected chi connectivity index (χ3v) is 5.84. The number of fused-ring (bicyclic) bond motifs is 2. The fourth-order valence-electron chi connectivity index (χ4n) is 3.48. The van der Waals surface area contributed by atoms with E-state index < -0.39 is 9.05 Å². The Morgan fingerprint density at radius 3 is 2.65 bits per heavy atom. The first-order valence-corrected chi connectivity index (χ1v) is 9.01. The van der Waals surface area contributed by atoms with Gasteiger partial charge >= 0.3 is 0 Å². The SMILES string of the molecule is Cc1oc(C(=O)NC2CC3CCC2C3)cc1S(=O)(=O)Cl. The lowest BCUT2D eigenvalue weighted by atomic mass is 9.95. The molecule has 0 aromatic carbocycles. The summed E-state index contributed by atoms with van der Waals surface area (Å²) < 4.78 is 27.8. The molecule has 5 nitrogen and oxygen atoms in total. The molecule has 7 heteroatoms. The van der Waals surface area contributed by atoms with Crippen molar-refractivity contribution in [1.29, 1.82) is 0 Å². The fourth-order valence-corrected chi connectivity index (χ4v) is 4.57. The summed E-state index contributed by atoms with van der Waals surface area (Å²) in [5.41, 5.74) is 0. The standard InChI is InChI=1S/C13H16ClNO4S/c1-7-12(20(14,17)18)6-11(19-7)13(16)15-10-5-8-2-3-9(10)4-8/h6,8-10H,2-5H2,1H3,(H,15,16). The Morgan fingerprint density at radius 1 is 1.40 bits per heavy atom. The van der Waals surface area contributed by atoms with Crippen LogP contribution in [-0.4, -0.2) is 20.4 Å². The van der Waals surface area contributed by atoms with Gasteiger partial charge in [0.15, 0.2) is 5.76 Å². The molecule has 1 aromatic rings. The van der Waals surface area contributed by atoms with Crippen LogP contribution in [0.2, 0.25) is 0 Å². The number of amides is 1. The summed E-state index contributed by atoms with van der Waals surface area (Å²) in [6, 6.07) is 1.38. The minimum absolute atomic E-state index is 0.00417. The van der Waals surface area contributed by atoms with Gasteiger partial charge in [0.05, 0.1) is 0 Å². The highest BCUT2D eigenvalue weighted by atomic mass is 35.7. The molecule has 3 rings (SSSR count). The molecule has 2 bridgehead atoms. The van der Waals surface area contributed by atoms with E-state index in [0.717, 1.165) is 18.8 Å². The second-order valence-corrected chi connectivity index (χ2v) is 8.26. The molecule has 1 heterocycles. The fraction of sp³-hybridized carbons (Fsp3) is 0.615. The van der Waals surface area contributed by atoms with Crippen LogP contribution in [0, 0.1) is 18.8 Å². The van der Waals surface area contributed by atoms with Gasteiger partial charge in [-0.3, -0.25) is 4.79 Å². The molecular weight excluding hydrogens is 302 g/mol. The topological polar surface area (TPSA) is 76.4 Å². The molecule has 0 saturated heterocycles. The normalized spacial score (nSPS) is 28.8. The van der Waals surface area contributed by atoms with E-state index in [1.165, 1.54) is 25.8 Å². The predicted molar refractivity (Wildman–Crippen MR) is 73.2 cm³/mol. The highest BCUT2D eigenvalue weighted by molar-refractivity contribution is 8.13. The molecule has 0 spiro atoms. The molecule has 1 amide bonds. The van der Waals surface area contributed by atoms with Crippen LogP contribution < -0.4 is 5.32 Å². The summed E-state index contributed by atoms with van der Waals surface area (Å²) in [5.74, 6) is 1.05. The van der Waals surface area contributed by atoms with Gasteiger partial charge in [-0.05, 0) is 38.0 Å². The van der Waals surface area contributed by atoms with Crippen molar-refractivity contribution in [2.24, 2.45) is 11.8 Å². The molecule has 20 heavy (non-hydrogen) atoms. The second kappa shape index (κ2) is 4.77. The highest BCUT2D eigenvalue weighted by Gasteiger charge is 2.40. The first kappa shape index (κ1) is 13.9. The summed E-state index contributed by atoms with van der Waals surface area (Å²) in [4.78, 5) is 12.0. The van der Waals surface area contributed by atoms with Crippen LogP contribution >= 0.6 is 10.7 Å². The third kappa shape index (κ3) is 2.46. The van der Waals surface area contributed by atoms with Crippen molar-refractivity contribution in [3.8, 4) is 0 Å². The maximum atomic E-state index is 12.1. The number of rotatable bonds is 3. The van der Waals surface area contributed by atoms with Crippen LogP contribution in [0.15, 0.2) is 15.4 Å². The molecule has 2 aliphatic carbocycles. The summed E-state index contributed by atoms with van der Waals surface area (Å²) in [5, 5.41) is 2.95. The lowest BCUT2D eigenvalue weighted by molar-refractivity contribution is 0.0893. The van der Waals surface area contributed by atoms with E-state index >= 15 is 0 Å². The number of hydrogen-bond acceptors (Lipinski definition) is 4. The van der Waals surface area contributed by atoms with Gasteiger partial charge in [0.2, 0.25) is 0 Å². The summed E-state index contributed by atoms with van der Waals surface area (Å²) in [7, 11) is 1.40. The number of carbonyl (C=O) groups excluding carboxylic acids is 1. The van der Waals surface area contributed by atoms with Crippen LogP contribution in [0.5, 0.6) is 0 Å². The second-order valence-electron chi connectivity index (χ2n) is 5.72. The van der Waals surface area contributed by atoms with Crippen LogP contribution in [0.1, 0.15) is 42.0 Å². The van der Waals surface area contributed by atoms with Crippen molar-refractivity contribution >= 4 is 25.6 Å². The number of aryl methyl sites for hydroxylation is 1. The van der Waals surface area contributed by atoms with Crippen LogP contribution in [0.3, 0.4) is 0 Å². The van der Waals surface area contributed by atoms with Gasteiger partial charge in [0, 0.05) is 22.8 Å². The zero-order valence-electron chi connectivity index (χ0n) is 11.1. The zero-order valence-corrected chi connectivity index (χ0v) is 12.6. The lowest BCUT2D eigenvalue weighted by Crippen LogP contribution is -2.38. The predicted octanol–water partition coefficient (Wildman–Crippen LogP) is 2.43. The maximum Gasteiger partial charge on any atom is 0.287 e. The number of hydrogen-bond donors (Lipinski definition) is 1. The zero-order chi connectivity index (χ0) is 14.5. The number of furan rings is 1. The quantitative estimate of drug-likeness (QED) is 0.869. The molecule has 2 aliphatic rings. The van der Waals surface area contributed by atoms with E-state index in [-0.39, 0.29) is 28.4 Å². The van der Waals surface area contributed by atoms with Gasteiger partial charge in [-0.25, -0.2) is 8.42 Å². The molecule has 0 radical (unpaired) electrons. The van der Waals surface area contributed by atoms with Crippen molar-refractivity contribution in [3.63, 3.8) is 0 Å². The molecule has 1 N–H and O–H groups in total. The van der Waals surface area contributed by atoms with E-state index in [4.69, 9.17) is 15.1 Å². The van der Waals surface area contributed by atoms with E-state index in [2.05, 4.69) is 5.32 Å². The number of halogens is 1. The van der Waals surface area contributed by atoms with Crippen molar-refractivity contribution in [1.82, 2.24) is 5.32 Å². The molecule has 2 fully saturated rings. The van der Waals surface area contributed by atoms with Crippen molar-refractivity contribution < 1.29 is 17.6 Å². The Morgan fingerprint density at radius 2 is 2.15 bits per heavy atom. The minimum Gasteiger partial charge on any atom is -0.455 e. The molecule has 110 valence electrons. The average Bonchev–Trinajstić information content (AvgIpc) is 3.01. The van der Waals surface area contributed by atoms with Gasteiger partial charge in [0.1, 0.15) is 10.7 Å². The lowest BCUT2D eigenvalue weighted by Gasteiger charge is -2.22. The van der Waals surface area contributed by atoms with Crippen LogP contribution in [0.4, 0.5) is 0 Å². The Balaban J connectivity index is 1.75. The molecule has 3 atom stereocenters.